The Kier molecular flexibility index (Phi) is 4.74. The second-order valence-electron chi connectivity index (χ2n) is 5.73. The van der Waals surface area contributed by atoms with E-state index in [2.05, 4.69) is 11.4 Å². The van der Waals surface area contributed by atoms with Gasteiger partial charge in [-0.1, -0.05) is 12.1 Å². The molecular weight excluding hydrogens is 290 g/mol. The first kappa shape index (κ1) is 15.3. The van der Waals surface area contributed by atoms with Gasteiger partial charge in [0, 0.05) is 25.7 Å². The number of nitriles is 1. The Morgan fingerprint density at radius 3 is 2.61 bits per heavy atom. The molecule has 1 fully saturated rings. The first-order chi connectivity index (χ1) is 11.3. The fraction of sp³-hybridized carbons (Fsp3) is 0.333. The number of amides is 1. The van der Waals surface area contributed by atoms with E-state index >= 15 is 0 Å². The normalized spacial score (nSPS) is 15.3. The minimum atomic E-state index is -0.0273. The van der Waals surface area contributed by atoms with Crippen molar-refractivity contribution in [2.75, 3.05) is 13.1 Å². The number of piperidine rings is 1. The number of hydrogen-bond acceptors (Lipinski definition) is 4. The molecule has 2 aromatic rings. The number of rotatable bonds is 4. The van der Waals surface area contributed by atoms with Crippen LogP contribution >= 0.6 is 0 Å². The predicted molar refractivity (Wildman–Crippen MR) is 85.6 cm³/mol. The maximum atomic E-state index is 12.2. The van der Waals surface area contributed by atoms with Crippen LogP contribution in [0.3, 0.4) is 0 Å². The Morgan fingerprint density at radius 2 is 2.00 bits per heavy atom. The molecule has 0 atom stereocenters. The van der Waals surface area contributed by atoms with E-state index in [0.29, 0.717) is 17.4 Å². The summed E-state index contributed by atoms with van der Waals surface area (Å²) in [4.78, 5) is 14.0. The van der Waals surface area contributed by atoms with Crippen LogP contribution in [0.5, 0.6) is 0 Å². The molecule has 5 nitrogen and oxygen atoms in total. The van der Waals surface area contributed by atoms with Crippen molar-refractivity contribution >= 4 is 5.91 Å². The molecule has 1 amide bonds. The standard InChI is InChI=1S/C18H19N3O2/c19-12-14-3-5-15(6-4-14)13-20-16-7-9-21(10-8-16)18(22)17-2-1-11-23-17/h1-6,11,16,20H,7-10,13H2. The van der Waals surface area contributed by atoms with E-state index in [1.807, 2.05) is 29.2 Å². The van der Waals surface area contributed by atoms with Crippen molar-refractivity contribution in [1.82, 2.24) is 10.2 Å². The van der Waals surface area contributed by atoms with E-state index in [1.165, 1.54) is 6.26 Å². The van der Waals surface area contributed by atoms with E-state index in [-0.39, 0.29) is 5.91 Å². The highest BCUT2D eigenvalue weighted by Crippen LogP contribution is 2.15. The van der Waals surface area contributed by atoms with Crippen LogP contribution in [-0.4, -0.2) is 29.9 Å². The molecule has 3 rings (SSSR count). The van der Waals surface area contributed by atoms with Crippen molar-refractivity contribution in [2.24, 2.45) is 0 Å². The number of carbonyl (C=O) groups excluding carboxylic acids is 1. The van der Waals surface area contributed by atoms with Gasteiger partial charge < -0.3 is 14.6 Å². The second kappa shape index (κ2) is 7.12. The minimum absolute atomic E-state index is 0.0273. The fourth-order valence-electron chi connectivity index (χ4n) is 2.80. The number of benzene rings is 1. The summed E-state index contributed by atoms with van der Waals surface area (Å²) in [5, 5.41) is 12.3. The maximum absolute atomic E-state index is 12.2. The molecule has 1 aliphatic heterocycles. The SMILES string of the molecule is N#Cc1ccc(CNC2CCN(C(=O)c3ccco3)CC2)cc1. The predicted octanol–water partition coefficient (Wildman–Crippen LogP) is 2.55. The Labute approximate surface area is 135 Å². The molecule has 0 saturated carbocycles. The minimum Gasteiger partial charge on any atom is -0.459 e. The molecule has 0 aliphatic carbocycles. The highest BCUT2D eigenvalue weighted by Gasteiger charge is 2.24. The van der Waals surface area contributed by atoms with Gasteiger partial charge in [0.15, 0.2) is 5.76 Å². The molecule has 1 aromatic carbocycles. The molecular formula is C18H19N3O2. The summed E-state index contributed by atoms with van der Waals surface area (Å²) in [6.07, 6.45) is 3.39. The van der Waals surface area contributed by atoms with Crippen LogP contribution < -0.4 is 5.32 Å². The quantitative estimate of drug-likeness (QED) is 0.942. The Balaban J connectivity index is 1.45. The van der Waals surface area contributed by atoms with Crippen LogP contribution in [0.1, 0.15) is 34.5 Å². The van der Waals surface area contributed by atoms with Gasteiger partial charge in [-0.2, -0.15) is 5.26 Å². The van der Waals surface area contributed by atoms with E-state index < -0.39 is 0 Å². The van der Waals surface area contributed by atoms with Crippen molar-refractivity contribution in [2.45, 2.75) is 25.4 Å². The molecule has 118 valence electrons. The first-order valence-electron chi connectivity index (χ1n) is 7.81. The molecule has 5 heteroatoms. The van der Waals surface area contributed by atoms with Gasteiger partial charge in [0.1, 0.15) is 0 Å². The van der Waals surface area contributed by atoms with Crippen molar-refractivity contribution in [1.29, 1.82) is 5.26 Å². The highest BCUT2D eigenvalue weighted by molar-refractivity contribution is 5.91. The van der Waals surface area contributed by atoms with E-state index in [1.54, 1.807) is 12.1 Å². The van der Waals surface area contributed by atoms with Gasteiger partial charge in [-0.25, -0.2) is 0 Å². The topological polar surface area (TPSA) is 69.3 Å². The highest BCUT2D eigenvalue weighted by atomic mass is 16.3. The first-order valence-corrected chi connectivity index (χ1v) is 7.81. The van der Waals surface area contributed by atoms with Crippen LogP contribution in [0.15, 0.2) is 47.1 Å². The van der Waals surface area contributed by atoms with E-state index in [4.69, 9.17) is 9.68 Å². The van der Waals surface area contributed by atoms with Gasteiger partial charge in [0.2, 0.25) is 0 Å². The third kappa shape index (κ3) is 3.79. The van der Waals surface area contributed by atoms with Crippen molar-refractivity contribution < 1.29 is 9.21 Å². The summed E-state index contributed by atoms with van der Waals surface area (Å²) in [6, 6.07) is 13.6. The lowest BCUT2D eigenvalue weighted by atomic mass is 10.0. The summed E-state index contributed by atoms with van der Waals surface area (Å²) in [5.41, 5.74) is 1.84. The van der Waals surface area contributed by atoms with E-state index in [0.717, 1.165) is 38.0 Å². The van der Waals surface area contributed by atoms with Crippen LogP contribution in [0.25, 0.3) is 0 Å². The number of hydrogen-bond donors (Lipinski definition) is 1. The van der Waals surface area contributed by atoms with Crippen LogP contribution in [0, 0.1) is 11.3 Å². The third-order valence-electron chi connectivity index (χ3n) is 4.19. The zero-order valence-electron chi connectivity index (χ0n) is 12.9. The number of likely N-dealkylation sites (tertiary alicyclic amines) is 1. The summed E-state index contributed by atoms with van der Waals surface area (Å²) < 4.78 is 5.17. The zero-order valence-corrected chi connectivity index (χ0v) is 12.9. The molecule has 2 heterocycles. The molecule has 0 spiro atoms. The number of carbonyl (C=O) groups is 1. The summed E-state index contributed by atoms with van der Waals surface area (Å²) in [6.45, 7) is 2.26. The zero-order chi connectivity index (χ0) is 16.1. The van der Waals surface area contributed by atoms with Crippen LogP contribution in [0.4, 0.5) is 0 Å². The monoisotopic (exact) mass is 309 g/mol. The van der Waals surface area contributed by atoms with Gasteiger partial charge in [-0.3, -0.25) is 4.79 Å². The van der Waals surface area contributed by atoms with Crippen molar-refractivity contribution in [3.05, 3.63) is 59.5 Å². The maximum Gasteiger partial charge on any atom is 0.289 e. The van der Waals surface area contributed by atoms with Gasteiger partial charge >= 0.3 is 0 Å². The molecule has 0 radical (unpaired) electrons. The largest absolute Gasteiger partial charge is 0.459 e. The third-order valence-corrected chi connectivity index (χ3v) is 4.19. The lowest BCUT2D eigenvalue weighted by molar-refractivity contribution is 0.0672. The Bertz CT molecular complexity index is 678. The Hall–Kier alpha value is -2.58. The fourth-order valence-corrected chi connectivity index (χ4v) is 2.80. The number of furan rings is 1. The van der Waals surface area contributed by atoms with Gasteiger partial charge in [0.05, 0.1) is 17.9 Å². The lowest BCUT2D eigenvalue weighted by Crippen LogP contribution is -2.44. The van der Waals surface area contributed by atoms with Gasteiger partial charge in [0.25, 0.3) is 5.91 Å². The summed E-state index contributed by atoms with van der Waals surface area (Å²) >= 11 is 0. The van der Waals surface area contributed by atoms with Crippen molar-refractivity contribution in [3.8, 4) is 6.07 Å². The molecule has 0 unspecified atom stereocenters. The molecule has 0 bridgehead atoms. The number of nitrogens with one attached hydrogen (secondary N) is 1. The van der Waals surface area contributed by atoms with Crippen molar-refractivity contribution in [3.63, 3.8) is 0 Å². The summed E-state index contributed by atoms with van der Waals surface area (Å²) in [5.74, 6) is 0.384. The molecule has 1 aromatic heterocycles. The van der Waals surface area contributed by atoms with Gasteiger partial charge in [-0.05, 0) is 42.7 Å². The molecule has 1 aliphatic rings. The average molecular weight is 309 g/mol. The van der Waals surface area contributed by atoms with Crippen LogP contribution in [-0.2, 0) is 6.54 Å². The average Bonchev–Trinajstić information content (AvgIpc) is 3.15. The summed E-state index contributed by atoms with van der Waals surface area (Å²) in [7, 11) is 0. The van der Waals surface area contributed by atoms with Gasteiger partial charge in [-0.15, -0.1) is 0 Å². The molecule has 1 N–H and O–H groups in total. The lowest BCUT2D eigenvalue weighted by Gasteiger charge is -2.32. The second-order valence-corrected chi connectivity index (χ2v) is 5.73. The van der Waals surface area contributed by atoms with Crippen LogP contribution in [0.2, 0.25) is 0 Å². The smallest absolute Gasteiger partial charge is 0.289 e. The molecule has 1 saturated heterocycles. The Morgan fingerprint density at radius 1 is 1.26 bits per heavy atom. The number of nitrogens with zero attached hydrogens (tertiary/aromatic N) is 2. The molecule has 23 heavy (non-hydrogen) atoms. The van der Waals surface area contributed by atoms with E-state index in [9.17, 15) is 4.79 Å².